The highest BCUT2D eigenvalue weighted by atomic mass is 79.9. The van der Waals surface area contributed by atoms with E-state index in [0.29, 0.717) is 18.0 Å². The van der Waals surface area contributed by atoms with Crippen molar-refractivity contribution in [1.82, 2.24) is 10.6 Å². The number of nitrogens with one attached hydrogen (secondary N) is 2. The minimum Gasteiger partial charge on any atom is -0.352 e. The zero-order valence-corrected chi connectivity index (χ0v) is 12.1. The molecule has 0 aliphatic carbocycles. The lowest BCUT2D eigenvalue weighted by Crippen LogP contribution is -2.32. The summed E-state index contributed by atoms with van der Waals surface area (Å²) in [6.07, 6.45) is 0. The Labute approximate surface area is 111 Å². The molecule has 17 heavy (non-hydrogen) atoms. The molecule has 1 unspecified atom stereocenters. The number of amides is 1. The van der Waals surface area contributed by atoms with E-state index in [-0.39, 0.29) is 5.91 Å². The lowest BCUT2D eigenvalue weighted by Gasteiger charge is -2.12. The van der Waals surface area contributed by atoms with Crippen LogP contribution < -0.4 is 10.6 Å². The van der Waals surface area contributed by atoms with Gasteiger partial charge in [0.25, 0.3) is 5.91 Å². The van der Waals surface area contributed by atoms with Crippen LogP contribution in [0.1, 0.15) is 22.8 Å². The Morgan fingerprint density at radius 3 is 2.71 bits per heavy atom. The second kappa shape index (κ2) is 6.77. The zero-order valence-electron chi connectivity index (χ0n) is 10.5. The van der Waals surface area contributed by atoms with Crippen molar-refractivity contribution < 1.29 is 4.79 Å². The van der Waals surface area contributed by atoms with Gasteiger partial charge in [0, 0.05) is 16.6 Å². The molecule has 0 saturated carbocycles. The Hall–Kier alpha value is -0.870. The van der Waals surface area contributed by atoms with Crippen molar-refractivity contribution in [2.45, 2.75) is 13.8 Å². The molecule has 0 spiro atoms. The van der Waals surface area contributed by atoms with E-state index in [2.05, 4.69) is 33.5 Å². The zero-order chi connectivity index (χ0) is 12.8. The van der Waals surface area contributed by atoms with Crippen LogP contribution in [0.2, 0.25) is 0 Å². The quantitative estimate of drug-likeness (QED) is 0.876. The largest absolute Gasteiger partial charge is 0.352 e. The molecule has 0 aliphatic rings. The third kappa shape index (κ3) is 4.48. The summed E-state index contributed by atoms with van der Waals surface area (Å²) < 4.78 is 1.03. The van der Waals surface area contributed by atoms with Gasteiger partial charge in [0.05, 0.1) is 0 Å². The van der Waals surface area contributed by atoms with Gasteiger partial charge in [0.15, 0.2) is 0 Å². The summed E-state index contributed by atoms with van der Waals surface area (Å²) in [6, 6.07) is 5.62. The van der Waals surface area contributed by atoms with Crippen molar-refractivity contribution in [2.24, 2.45) is 5.92 Å². The van der Waals surface area contributed by atoms with Gasteiger partial charge in [-0.1, -0.05) is 22.9 Å². The van der Waals surface area contributed by atoms with Gasteiger partial charge in [-0.15, -0.1) is 0 Å². The fourth-order valence-corrected chi connectivity index (χ4v) is 1.82. The number of carbonyl (C=O) groups excluding carboxylic acids is 1. The SMILES string of the molecule is CNCC(C)CNC(=O)c1ccc(Br)c(C)c1. The maximum absolute atomic E-state index is 11.9. The molecule has 1 atom stereocenters. The lowest BCUT2D eigenvalue weighted by atomic mass is 10.1. The molecule has 1 amide bonds. The average molecular weight is 299 g/mol. The van der Waals surface area contributed by atoms with Gasteiger partial charge in [-0.3, -0.25) is 4.79 Å². The van der Waals surface area contributed by atoms with E-state index in [0.717, 1.165) is 16.6 Å². The van der Waals surface area contributed by atoms with Crippen molar-refractivity contribution in [3.8, 4) is 0 Å². The molecule has 3 nitrogen and oxygen atoms in total. The van der Waals surface area contributed by atoms with Crippen LogP contribution in [0.3, 0.4) is 0 Å². The first-order chi connectivity index (χ1) is 8.04. The molecule has 94 valence electrons. The summed E-state index contributed by atoms with van der Waals surface area (Å²) in [6.45, 7) is 5.67. The fourth-order valence-electron chi connectivity index (χ4n) is 1.58. The van der Waals surface area contributed by atoms with E-state index in [1.165, 1.54) is 0 Å². The summed E-state index contributed by atoms with van der Waals surface area (Å²) in [7, 11) is 1.91. The summed E-state index contributed by atoms with van der Waals surface area (Å²) >= 11 is 3.42. The van der Waals surface area contributed by atoms with Crippen LogP contribution in [-0.4, -0.2) is 26.0 Å². The number of halogens is 1. The van der Waals surface area contributed by atoms with E-state index >= 15 is 0 Å². The number of hydrogen-bond donors (Lipinski definition) is 2. The predicted molar refractivity (Wildman–Crippen MR) is 74.3 cm³/mol. The first kappa shape index (κ1) is 14.2. The Kier molecular flexibility index (Phi) is 5.65. The highest BCUT2D eigenvalue weighted by Gasteiger charge is 2.08. The number of aryl methyl sites for hydroxylation is 1. The summed E-state index contributed by atoms with van der Waals surface area (Å²) in [5.41, 5.74) is 1.78. The maximum atomic E-state index is 11.9. The third-order valence-electron chi connectivity index (χ3n) is 2.58. The van der Waals surface area contributed by atoms with E-state index in [4.69, 9.17) is 0 Å². The fraction of sp³-hybridized carbons (Fsp3) is 0.462. The van der Waals surface area contributed by atoms with Crippen LogP contribution in [0.5, 0.6) is 0 Å². The van der Waals surface area contributed by atoms with Gasteiger partial charge in [0.1, 0.15) is 0 Å². The maximum Gasteiger partial charge on any atom is 0.251 e. The number of benzene rings is 1. The molecule has 0 aromatic heterocycles. The van der Waals surface area contributed by atoms with E-state index in [9.17, 15) is 4.79 Å². The van der Waals surface area contributed by atoms with Gasteiger partial charge < -0.3 is 10.6 Å². The molecule has 4 heteroatoms. The molecule has 0 aliphatic heterocycles. The summed E-state index contributed by atoms with van der Waals surface area (Å²) in [5, 5.41) is 6.03. The van der Waals surface area contributed by atoms with E-state index in [1.807, 2.05) is 32.2 Å². The van der Waals surface area contributed by atoms with Crippen molar-refractivity contribution in [1.29, 1.82) is 0 Å². The molecule has 2 N–H and O–H groups in total. The molecule has 0 fully saturated rings. The van der Waals surface area contributed by atoms with Gasteiger partial charge in [-0.2, -0.15) is 0 Å². The number of hydrogen-bond acceptors (Lipinski definition) is 2. The molecule has 0 saturated heterocycles. The molecule has 1 aromatic rings. The second-order valence-corrected chi connectivity index (χ2v) is 5.19. The summed E-state index contributed by atoms with van der Waals surface area (Å²) in [5.74, 6) is 0.420. The topological polar surface area (TPSA) is 41.1 Å². The minimum atomic E-state index is -0.0106. The Morgan fingerprint density at radius 2 is 2.12 bits per heavy atom. The third-order valence-corrected chi connectivity index (χ3v) is 3.47. The molecular weight excluding hydrogens is 280 g/mol. The highest BCUT2D eigenvalue weighted by molar-refractivity contribution is 9.10. The van der Waals surface area contributed by atoms with Crippen LogP contribution in [-0.2, 0) is 0 Å². The Balaban J connectivity index is 2.55. The molecule has 0 heterocycles. The molecule has 0 bridgehead atoms. The highest BCUT2D eigenvalue weighted by Crippen LogP contribution is 2.16. The summed E-state index contributed by atoms with van der Waals surface area (Å²) in [4.78, 5) is 11.9. The number of rotatable bonds is 5. The standard InChI is InChI=1S/C13H19BrN2O/c1-9(7-15-3)8-16-13(17)11-4-5-12(14)10(2)6-11/h4-6,9,15H,7-8H2,1-3H3,(H,16,17). The van der Waals surface area contributed by atoms with Crippen LogP contribution in [0.15, 0.2) is 22.7 Å². The monoisotopic (exact) mass is 298 g/mol. The first-order valence-electron chi connectivity index (χ1n) is 5.73. The molecular formula is C13H19BrN2O. The first-order valence-corrected chi connectivity index (χ1v) is 6.53. The van der Waals surface area contributed by atoms with Gasteiger partial charge in [-0.25, -0.2) is 0 Å². The Bertz CT molecular complexity index is 393. The molecule has 1 aromatic carbocycles. The van der Waals surface area contributed by atoms with E-state index < -0.39 is 0 Å². The smallest absolute Gasteiger partial charge is 0.251 e. The van der Waals surface area contributed by atoms with Crippen LogP contribution in [0.4, 0.5) is 0 Å². The van der Waals surface area contributed by atoms with Crippen LogP contribution >= 0.6 is 15.9 Å². The second-order valence-electron chi connectivity index (χ2n) is 4.34. The van der Waals surface area contributed by atoms with Crippen molar-refractivity contribution in [3.63, 3.8) is 0 Å². The average Bonchev–Trinajstić information content (AvgIpc) is 2.30. The lowest BCUT2D eigenvalue weighted by molar-refractivity contribution is 0.0948. The Morgan fingerprint density at radius 1 is 1.41 bits per heavy atom. The van der Waals surface area contributed by atoms with Crippen LogP contribution in [0.25, 0.3) is 0 Å². The molecule has 0 radical (unpaired) electrons. The van der Waals surface area contributed by atoms with Gasteiger partial charge in [-0.05, 0) is 50.2 Å². The number of carbonyl (C=O) groups is 1. The minimum absolute atomic E-state index is 0.0106. The van der Waals surface area contributed by atoms with Crippen molar-refractivity contribution >= 4 is 21.8 Å². The van der Waals surface area contributed by atoms with Crippen molar-refractivity contribution in [2.75, 3.05) is 20.1 Å². The van der Waals surface area contributed by atoms with Crippen molar-refractivity contribution in [3.05, 3.63) is 33.8 Å². The molecule has 1 rings (SSSR count). The van der Waals surface area contributed by atoms with Crippen LogP contribution in [0, 0.1) is 12.8 Å². The normalized spacial score (nSPS) is 12.2. The predicted octanol–water partition coefficient (Wildman–Crippen LogP) is 2.34. The van der Waals surface area contributed by atoms with Gasteiger partial charge in [0.2, 0.25) is 0 Å². The van der Waals surface area contributed by atoms with E-state index in [1.54, 1.807) is 0 Å². The van der Waals surface area contributed by atoms with Gasteiger partial charge >= 0.3 is 0 Å².